The molecule has 0 radical (unpaired) electrons. The highest BCUT2D eigenvalue weighted by molar-refractivity contribution is 5.73. The number of fused-ring (bicyclic) bond motifs is 1. The van der Waals surface area contributed by atoms with Gasteiger partial charge in [-0.25, -0.2) is 4.79 Å². The lowest BCUT2D eigenvalue weighted by Crippen LogP contribution is -2.37. The topological polar surface area (TPSA) is 84.6 Å². The van der Waals surface area contributed by atoms with Crippen LogP contribution in [0.15, 0.2) is 18.2 Å². The second kappa shape index (κ2) is 11.6. The number of aryl methyl sites for hydroxylation is 1. The fourth-order valence-corrected chi connectivity index (χ4v) is 4.56. The average Bonchev–Trinajstić information content (AvgIpc) is 2.73. The zero-order valence-electron chi connectivity index (χ0n) is 17.5. The largest absolute Gasteiger partial charge is 0.492 e. The minimum absolute atomic E-state index is 0.571. The fourth-order valence-electron chi connectivity index (χ4n) is 4.56. The third-order valence-corrected chi connectivity index (χ3v) is 6.04. The summed E-state index contributed by atoms with van der Waals surface area (Å²) in [6.07, 6.45) is 5.81. The Kier molecular flexibility index (Phi) is 9.42. The molecule has 170 valence electrons. The molecule has 1 aromatic carbocycles. The smallest absolute Gasteiger partial charge is 0.490 e. The van der Waals surface area contributed by atoms with Crippen LogP contribution in [0, 0.1) is 5.92 Å². The quantitative estimate of drug-likeness (QED) is 0.629. The van der Waals surface area contributed by atoms with Crippen LogP contribution in [0.2, 0.25) is 0 Å². The van der Waals surface area contributed by atoms with E-state index in [4.69, 9.17) is 20.4 Å². The zero-order valence-corrected chi connectivity index (χ0v) is 17.5. The molecule has 1 saturated carbocycles. The van der Waals surface area contributed by atoms with E-state index in [9.17, 15) is 13.2 Å². The van der Waals surface area contributed by atoms with Gasteiger partial charge in [-0.15, -0.1) is 0 Å². The molecule has 0 saturated heterocycles. The first kappa shape index (κ1) is 24.5. The Labute approximate surface area is 176 Å². The van der Waals surface area contributed by atoms with Crippen LogP contribution < -0.4 is 15.8 Å². The molecule has 2 unspecified atom stereocenters. The van der Waals surface area contributed by atoms with E-state index in [-0.39, 0.29) is 0 Å². The van der Waals surface area contributed by atoms with Crippen molar-refractivity contribution in [2.45, 2.75) is 69.5 Å². The highest BCUT2D eigenvalue weighted by atomic mass is 19.4. The highest BCUT2D eigenvalue weighted by Crippen LogP contribution is 2.41. The first-order valence-electron chi connectivity index (χ1n) is 10.7. The molecule has 4 N–H and O–H groups in total. The van der Waals surface area contributed by atoms with Crippen LogP contribution in [-0.2, 0) is 11.2 Å². The molecule has 1 fully saturated rings. The summed E-state index contributed by atoms with van der Waals surface area (Å²) >= 11 is 0. The van der Waals surface area contributed by atoms with Gasteiger partial charge in [0.1, 0.15) is 12.4 Å². The van der Waals surface area contributed by atoms with Gasteiger partial charge in [0.05, 0.1) is 0 Å². The van der Waals surface area contributed by atoms with Crippen LogP contribution in [-0.4, -0.2) is 43.5 Å². The van der Waals surface area contributed by atoms with E-state index in [2.05, 4.69) is 30.6 Å². The average molecular weight is 431 g/mol. The number of nitrogens with two attached hydrogens (primary N) is 1. The first-order chi connectivity index (χ1) is 14.3. The number of hydrogen-bond acceptors (Lipinski definition) is 4. The molecule has 5 nitrogen and oxygen atoms in total. The Morgan fingerprint density at radius 2 is 1.90 bits per heavy atom. The Hall–Kier alpha value is -1.80. The second-order valence-corrected chi connectivity index (χ2v) is 8.08. The molecule has 0 spiro atoms. The molecular weight excluding hydrogens is 397 g/mol. The van der Waals surface area contributed by atoms with Crippen molar-refractivity contribution < 1.29 is 27.8 Å². The SMILES string of the molecule is CNC1CCc2ccc(OCCN)cc2C1CC1CCCCC1.O=C(O)C(F)(F)F. The number of rotatable bonds is 6. The van der Waals surface area contributed by atoms with E-state index in [1.54, 1.807) is 0 Å². The highest BCUT2D eigenvalue weighted by Gasteiger charge is 2.38. The van der Waals surface area contributed by atoms with Gasteiger partial charge < -0.3 is 20.9 Å². The monoisotopic (exact) mass is 430 g/mol. The number of aliphatic carboxylic acids is 1. The maximum atomic E-state index is 10.6. The number of halogens is 3. The first-order valence-corrected chi connectivity index (χ1v) is 10.7. The van der Waals surface area contributed by atoms with E-state index in [0.717, 1.165) is 11.7 Å². The predicted molar refractivity (Wildman–Crippen MR) is 110 cm³/mol. The van der Waals surface area contributed by atoms with Gasteiger partial charge in [-0.1, -0.05) is 38.2 Å². The number of carbonyl (C=O) groups is 1. The van der Waals surface area contributed by atoms with Crippen LogP contribution in [0.3, 0.4) is 0 Å². The molecule has 0 amide bonds. The van der Waals surface area contributed by atoms with Gasteiger partial charge in [-0.05, 0) is 61.4 Å². The number of ether oxygens (including phenoxy) is 1. The van der Waals surface area contributed by atoms with Crippen LogP contribution in [0.1, 0.15) is 62.0 Å². The third-order valence-electron chi connectivity index (χ3n) is 6.04. The van der Waals surface area contributed by atoms with Crippen molar-refractivity contribution in [1.29, 1.82) is 0 Å². The summed E-state index contributed by atoms with van der Waals surface area (Å²) in [7, 11) is 2.12. The summed E-state index contributed by atoms with van der Waals surface area (Å²) < 4.78 is 37.5. The van der Waals surface area contributed by atoms with Crippen LogP contribution in [0.4, 0.5) is 13.2 Å². The van der Waals surface area contributed by atoms with Crippen LogP contribution in [0.25, 0.3) is 0 Å². The van der Waals surface area contributed by atoms with Crippen LogP contribution >= 0.6 is 0 Å². The molecule has 1 aromatic rings. The zero-order chi connectivity index (χ0) is 22.1. The van der Waals surface area contributed by atoms with Crippen molar-refractivity contribution in [2.24, 2.45) is 11.7 Å². The van der Waals surface area contributed by atoms with Crippen molar-refractivity contribution >= 4 is 5.97 Å². The molecule has 3 rings (SSSR count). The molecule has 30 heavy (non-hydrogen) atoms. The Morgan fingerprint density at radius 3 is 2.47 bits per heavy atom. The number of carboxylic acid groups (broad SMARTS) is 1. The van der Waals surface area contributed by atoms with Gasteiger partial charge in [0, 0.05) is 12.6 Å². The number of hydrogen-bond donors (Lipinski definition) is 3. The molecule has 0 aromatic heterocycles. The number of carboxylic acids is 1. The van der Waals surface area contributed by atoms with Crippen molar-refractivity contribution in [3.05, 3.63) is 29.3 Å². The summed E-state index contributed by atoms with van der Waals surface area (Å²) in [4.78, 5) is 8.90. The summed E-state index contributed by atoms with van der Waals surface area (Å²) in [5, 5.41) is 10.7. The van der Waals surface area contributed by atoms with E-state index in [1.165, 1.54) is 62.5 Å². The number of alkyl halides is 3. The van der Waals surface area contributed by atoms with Gasteiger partial charge in [0.15, 0.2) is 0 Å². The van der Waals surface area contributed by atoms with E-state index < -0.39 is 12.1 Å². The molecular formula is C22H33F3N2O3. The maximum Gasteiger partial charge on any atom is 0.490 e. The van der Waals surface area contributed by atoms with Gasteiger partial charge in [0.2, 0.25) is 0 Å². The summed E-state index contributed by atoms with van der Waals surface area (Å²) in [5.41, 5.74) is 8.62. The van der Waals surface area contributed by atoms with Crippen molar-refractivity contribution in [1.82, 2.24) is 5.32 Å². The van der Waals surface area contributed by atoms with Crippen molar-refractivity contribution in [3.8, 4) is 5.75 Å². The summed E-state index contributed by atoms with van der Waals surface area (Å²) in [6.45, 7) is 1.17. The second-order valence-electron chi connectivity index (χ2n) is 8.08. The molecule has 2 aliphatic rings. The minimum atomic E-state index is -5.08. The lowest BCUT2D eigenvalue weighted by atomic mass is 9.72. The lowest BCUT2D eigenvalue weighted by Gasteiger charge is -2.37. The summed E-state index contributed by atoms with van der Waals surface area (Å²) in [5.74, 6) is -0.232. The molecule has 2 atom stereocenters. The number of nitrogens with one attached hydrogen (secondary N) is 1. The number of benzene rings is 1. The molecule has 0 aliphatic heterocycles. The van der Waals surface area contributed by atoms with Gasteiger partial charge in [-0.2, -0.15) is 13.2 Å². The maximum absolute atomic E-state index is 10.6. The summed E-state index contributed by atoms with van der Waals surface area (Å²) in [6, 6.07) is 7.29. The van der Waals surface area contributed by atoms with E-state index >= 15 is 0 Å². The van der Waals surface area contributed by atoms with Crippen molar-refractivity contribution in [2.75, 3.05) is 20.2 Å². The van der Waals surface area contributed by atoms with Crippen molar-refractivity contribution in [3.63, 3.8) is 0 Å². The normalized spacial score (nSPS) is 21.9. The Bertz CT molecular complexity index is 676. The number of likely N-dealkylation sites (N-methyl/N-ethyl adjacent to an activating group) is 1. The van der Waals surface area contributed by atoms with Crippen LogP contribution in [0.5, 0.6) is 5.75 Å². The van der Waals surface area contributed by atoms with Gasteiger partial charge in [-0.3, -0.25) is 0 Å². The predicted octanol–water partition coefficient (Wildman–Crippen LogP) is 4.25. The lowest BCUT2D eigenvalue weighted by molar-refractivity contribution is -0.192. The minimum Gasteiger partial charge on any atom is -0.492 e. The third kappa shape index (κ3) is 7.16. The van der Waals surface area contributed by atoms with Gasteiger partial charge in [0.25, 0.3) is 0 Å². The Balaban J connectivity index is 0.000000396. The van der Waals surface area contributed by atoms with E-state index in [0.29, 0.717) is 25.1 Å². The molecule has 8 heteroatoms. The fraction of sp³-hybridized carbons (Fsp3) is 0.682. The standard InChI is InChI=1S/C20H32N2O.C2HF3O2/c1-22-20-10-8-16-7-9-17(23-12-11-21)14-18(16)19(20)13-15-5-3-2-4-6-15;3-2(4,5)1(6)7/h7,9,14-15,19-20,22H,2-6,8,10-13,21H2,1H3;(H,6,7). The Morgan fingerprint density at radius 1 is 1.23 bits per heavy atom. The van der Waals surface area contributed by atoms with E-state index in [1.807, 2.05) is 0 Å². The molecule has 2 aliphatic carbocycles. The molecule has 0 bridgehead atoms. The molecule has 0 heterocycles. The van der Waals surface area contributed by atoms with Gasteiger partial charge >= 0.3 is 12.1 Å².